The number of benzene rings is 4. The van der Waals surface area contributed by atoms with Crippen molar-refractivity contribution < 1.29 is 4.74 Å². The van der Waals surface area contributed by atoms with E-state index in [0.717, 1.165) is 17.9 Å². The summed E-state index contributed by atoms with van der Waals surface area (Å²) < 4.78 is 6.23. The number of aryl methyl sites for hydroxylation is 1. The Balaban J connectivity index is 1.80. The molecule has 1 aliphatic rings. The van der Waals surface area contributed by atoms with Crippen molar-refractivity contribution in [3.63, 3.8) is 0 Å². The van der Waals surface area contributed by atoms with Gasteiger partial charge in [-0.2, -0.15) is 0 Å². The van der Waals surface area contributed by atoms with Gasteiger partial charge < -0.3 is 4.74 Å². The Bertz CT molecular complexity index is 1080. The second-order valence-corrected chi connectivity index (χ2v) is 6.25. The summed E-state index contributed by atoms with van der Waals surface area (Å²) in [6.07, 6.45) is 0.923. The predicted molar refractivity (Wildman–Crippen MR) is 95.5 cm³/mol. The predicted octanol–water partition coefficient (Wildman–Crippen LogP) is 6.00. The molecule has 1 nitrogen and oxygen atoms in total. The van der Waals surface area contributed by atoms with E-state index in [4.69, 9.17) is 4.74 Å². The molecule has 0 fully saturated rings. The summed E-state index contributed by atoms with van der Waals surface area (Å²) in [6.45, 7) is 2.17. The van der Waals surface area contributed by atoms with Gasteiger partial charge >= 0.3 is 0 Å². The van der Waals surface area contributed by atoms with Crippen molar-refractivity contribution in [2.24, 2.45) is 0 Å². The molecule has 0 N–H and O–H groups in total. The second kappa shape index (κ2) is 4.60. The third-order valence-corrected chi connectivity index (χ3v) is 4.92. The first-order valence-electron chi connectivity index (χ1n) is 8.01. The zero-order valence-electron chi connectivity index (χ0n) is 13.0. The van der Waals surface area contributed by atoms with Crippen LogP contribution in [-0.2, 0) is 6.42 Å². The highest BCUT2D eigenvalue weighted by Crippen LogP contribution is 2.43. The molecular weight excluding hydrogens is 280 g/mol. The lowest BCUT2D eigenvalue weighted by atomic mass is 9.91. The molecule has 1 heteroatoms. The summed E-state index contributed by atoms with van der Waals surface area (Å²) in [4.78, 5) is 0. The topological polar surface area (TPSA) is 9.23 Å². The molecule has 1 heterocycles. The Morgan fingerprint density at radius 3 is 2.30 bits per heavy atom. The molecule has 110 valence electrons. The minimum Gasteiger partial charge on any atom is -0.457 e. The lowest BCUT2D eigenvalue weighted by Crippen LogP contribution is -2.04. The number of hydrogen-bond acceptors (Lipinski definition) is 1. The molecule has 0 saturated heterocycles. The number of hydrogen-bond donors (Lipinski definition) is 0. The van der Waals surface area contributed by atoms with Crippen LogP contribution < -0.4 is 4.74 Å². The van der Waals surface area contributed by atoms with Gasteiger partial charge in [-0.1, -0.05) is 54.6 Å². The Morgan fingerprint density at radius 1 is 0.652 bits per heavy atom. The first-order valence-corrected chi connectivity index (χ1v) is 8.01. The van der Waals surface area contributed by atoms with Gasteiger partial charge in [0.2, 0.25) is 0 Å². The molecule has 0 radical (unpaired) electrons. The quantitative estimate of drug-likeness (QED) is 0.340. The van der Waals surface area contributed by atoms with Gasteiger partial charge in [0.25, 0.3) is 0 Å². The molecule has 4 aromatic carbocycles. The summed E-state index contributed by atoms with van der Waals surface area (Å²) >= 11 is 0. The average Bonchev–Trinajstić information content (AvgIpc) is 2.60. The lowest BCUT2D eigenvalue weighted by molar-refractivity contribution is 0.463. The van der Waals surface area contributed by atoms with Crippen LogP contribution in [0.5, 0.6) is 11.5 Å². The fourth-order valence-electron chi connectivity index (χ4n) is 3.72. The minimum absolute atomic E-state index is 0.923. The Hall–Kier alpha value is -2.80. The fraction of sp³-hybridized carbons (Fsp3) is 0.0909. The summed E-state index contributed by atoms with van der Waals surface area (Å²) in [5.74, 6) is 1.98. The molecule has 5 rings (SSSR count). The maximum absolute atomic E-state index is 6.23. The van der Waals surface area contributed by atoms with E-state index >= 15 is 0 Å². The smallest absolute Gasteiger partial charge is 0.131 e. The molecule has 1 aliphatic heterocycles. The molecule has 0 saturated carbocycles. The van der Waals surface area contributed by atoms with Crippen LogP contribution in [0.15, 0.2) is 66.7 Å². The standard InChI is InChI=1S/C22H16O/c1-14-5-4-8-18-16(14)10-12-22-20(18)13-19-17-7-3-2-6-15(17)9-11-21(19)23-22/h2-12H,13H2,1H3. The van der Waals surface area contributed by atoms with E-state index in [1.807, 2.05) is 0 Å². The van der Waals surface area contributed by atoms with Gasteiger partial charge in [0, 0.05) is 17.5 Å². The molecule has 0 amide bonds. The summed E-state index contributed by atoms with van der Waals surface area (Å²) in [7, 11) is 0. The van der Waals surface area contributed by atoms with E-state index in [1.165, 1.54) is 38.2 Å². The Kier molecular flexibility index (Phi) is 2.54. The maximum Gasteiger partial charge on any atom is 0.131 e. The molecule has 0 aromatic heterocycles. The third-order valence-electron chi connectivity index (χ3n) is 4.92. The largest absolute Gasteiger partial charge is 0.457 e. The van der Waals surface area contributed by atoms with E-state index in [9.17, 15) is 0 Å². The Morgan fingerprint density at radius 2 is 1.39 bits per heavy atom. The zero-order valence-corrected chi connectivity index (χ0v) is 13.0. The first kappa shape index (κ1) is 12.7. The molecule has 4 aromatic rings. The monoisotopic (exact) mass is 296 g/mol. The van der Waals surface area contributed by atoms with Crippen molar-refractivity contribution >= 4 is 21.5 Å². The van der Waals surface area contributed by atoms with Gasteiger partial charge in [-0.25, -0.2) is 0 Å². The van der Waals surface area contributed by atoms with E-state index in [0.29, 0.717) is 0 Å². The highest BCUT2D eigenvalue weighted by Gasteiger charge is 2.21. The molecule has 0 spiro atoms. The van der Waals surface area contributed by atoms with E-state index < -0.39 is 0 Å². The molecule has 0 atom stereocenters. The highest BCUT2D eigenvalue weighted by molar-refractivity contribution is 5.94. The van der Waals surface area contributed by atoms with Gasteiger partial charge in [-0.05, 0) is 46.2 Å². The Labute approximate surface area is 135 Å². The van der Waals surface area contributed by atoms with Gasteiger partial charge in [0.05, 0.1) is 0 Å². The van der Waals surface area contributed by atoms with Crippen molar-refractivity contribution in [2.75, 3.05) is 0 Å². The third kappa shape index (κ3) is 1.80. The molecular formula is C22H16O. The molecule has 0 unspecified atom stereocenters. The van der Waals surface area contributed by atoms with Crippen LogP contribution in [0.4, 0.5) is 0 Å². The van der Waals surface area contributed by atoms with Crippen LogP contribution in [0.2, 0.25) is 0 Å². The first-order chi connectivity index (χ1) is 11.3. The fourth-order valence-corrected chi connectivity index (χ4v) is 3.72. The van der Waals surface area contributed by atoms with Crippen LogP contribution in [0.25, 0.3) is 21.5 Å². The normalized spacial score (nSPS) is 12.7. The van der Waals surface area contributed by atoms with Gasteiger partial charge in [-0.3, -0.25) is 0 Å². The van der Waals surface area contributed by atoms with Crippen LogP contribution in [0.1, 0.15) is 16.7 Å². The second-order valence-electron chi connectivity index (χ2n) is 6.25. The van der Waals surface area contributed by atoms with Crippen molar-refractivity contribution in [1.29, 1.82) is 0 Å². The molecule has 23 heavy (non-hydrogen) atoms. The number of rotatable bonds is 0. The average molecular weight is 296 g/mol. The van der Waals surface area contributed by atoms with Crippen LogP contribution >= 0.6 is 0 Å². The number of ether oxygens (including phenoxy) is 1. The van der Waals surface area contributed by atoms with Crippen molar-refractivity contribution in [2.45, 2.75) is 13.3 Å². The van der Waals surface area contributed by atoms with Crippen LogP contribution in [0, 0.1) is 6.92 Å². The summed E-state index contributed by atoms with van der Waals surface area (Å²) in [5, 5.41) is 5.19. The van der Waals surface area contributed by atoms with Gasteiger partial charge in [0.1, 0.15) is 11.5 Å². The van der Waals surface area contributed by atoms with E-state index in [2.05, 4.69) is 73.7 Å². The molecule has 0 bridgehead atoms. The number of fused-ring (bicyclic) bond motifs is 6. The van der Waals surface area contributed by atoms with Crippen LogP contribution in [-0.4, -0.2) is 0 Å². The van der Waals surface area contributed by atoms with Crippen LogP contribution in [0.3, 0.4) is 0 Å². The van der Waals surface area contributed by atoms with Crippen molar-refractivity contribution in [3.8, 4) is 11.5 Å². The maximum atomic E-state index is 6.23. The van der Waals surface area contributed by atoms with Crippen molar-refractivity contribution in [1.82, 2.24) is 0 Å². The van der Waals surface area contributed by atoms with Crippen molar-refractivity contribution in [3.05, 3.63) is 83.4 Å². The summed E-state index contributed by atoms with van der Waals surface area (Å²) in [6, 6.07) is 23.6. The van der Waals surface area contributed by atoms with Gasteiger partial charge in [0.15, 0.2) is 0 Å². The van der Waals surface area contributed by atoms with E-state index in [1.54, 1.807) is 0 Å². The highest BCUT2D eigenvalue weighted by atomic mass is 16.5. The van der Waals surface area contributed by atoms with E-state index in [-0.39, 0.29) is 0 Å². The summed E-state index contributed by atoms with van der Waals surface area (Å²) in [5.41, 5.74) is 3.91. The molecule has 0 aliphatic carbocycles. The zero-order chi connectivity index (χ0) is 15.4. The SMILES string of the molecule is Cc1cccc2c3c(ccc12)Oc1ccc2ccccc2c1C3. The minimum atomic E-state index is 0.923. The van der Waals surface area contributed by atoms with Gasteiger partial charge in [-0.15, -0.1) is 0 Å². The lowest BCUT2D eigenvalue weighted by Gasteiger charge is -2.23.